The van der Waals surface area contributed by atoms with E-state index in [1.54, 1.807) is 0 Å². The average Bonchev–Trinajstić information content (AvgIpc) is 3.05. The fourth-order valence-corrected chi connectivity index (χ4v) is 3.93. The topological polar surface area (TPSA) is 64.7 Å². The molecule has 0 atom stereocenters. The summed E-state index contributed by atoms with van der Waals surface area (Å²) in [6, 6.07) is 7.15. The predicted molar refractivity (Wildman–Crippen MR) is 122 cm³/mol. The van der Waals surface area contributed by atoms with Crippen molar-refractivity contribution < 1.29 is 22.8 Å². The minimum absolute atomic E-state index is 0.118. The third kappa shape index (κ3) is 6.04. The SMILES string of the molecule is CCc1cccc(CC)c1NC(=O)CN1CCCN(C(=O)Nc2ccc(F)c(F)c2F)CC1. The lowest BCUT2D eigenvalue weighted by molar-refractivity contribution is -0.117. The Hall–Kier alpha value is -3.07. The summed E-state index contributed by atoms with van der Waals surface area (Å²) in [5.74, 6) is -4.50. The fraction of sp³-hybridized carbons (Fsp3) is 0.417. The van der Waals surface area contributed by atoms with Gasteiger partial charge >= 0.3 is 6.03 Å². The number of nitrogens with zero attached hydrogens (tertiary/aromatic N) is 2. The molecule has 2 N–H and O–H groups in total. The van der Waals surface area contributed by atoms with E-state index in [9.17, 15) is 22.8 Å². The maximum Gasteiger partial charge on any atom is 0.321 e. The van der Waals surface area contributed by atoms with E-state index in [2.05, 4.69) is 10.6 Å². The lowest BCUT2D eigenvalue weighted by Crippen LogP contribution is -2.39. The van der Waals surface area contributed by atoms with Crippen molar-refractivity contribution in [2.24, 2.45) is 0 Å². The van der Waals surface area contributed by atoms with Gasteiger partial charge in [-0.1, -0.05) is 32.0 Å². The van der Waals surface area contributed by atoms with Gasteiger partial charge in [0.2, 0.25) is 5.91 Å². The molecule has 3 rings (SSSR count). The molecule has 0 spiro atoms. The van der Waals surface area contributed by atoms with E-state index in [-0.39, 0.29) is 12.5 Å². The van der Waals surface area contributed by atoms with E-state index in [1.807, 2.05) is 36.9 Å². The molecule has 1 saturated heterocycles. The summed E-state index contributed by atoms with van der Waals surface area (Å²) in [7, 11) is 0. The molecule has 0 radical (unpaired) electrons. The zero-order chi connectivity index (χ0) is 24.0. The highest BCUT2D eigenvalue weighted by atomic mass is 19.2. The summed E-state index contributed by atoms with van der Waals surface area (Å²) >= 11 is 0. The molecule has 9 heteroatoms. The lowest BCUT2D eigenvalue weighted by Gasteiger charge is -2.22. The molecule has 2 aromatic carbocycles. The van der Waals surface area contributed by atoms with Gasteiger partial charge in [0.05, 0.1) is 12.2 Å². The zero-order valence-electron chi connectivity index (χ0n) is 18.9. The van der Waals surface area contributed by atoms with Gasteiger partial charge in [0, 0.05) is 31.9 Å². The smallest absolute Gasteiger partial charge is 0.321 e. The number of carbonyl (C=O) groups is 2. The molecule has 3 amide bonds. The number of rotatable bonds is 6. The van der Waals surface area contributed by atoms with Crippen molar-refractivity contribution in [1.29, 1.82) is 0 Å². The summed E-state index contributed by atoms with van der Waals surface area (Å²) in [5, 5.41) is 5.35. The maximum atomic E-state index is 13.9. The molecule has 1 aliphatic heterocycles. The minimum Gasteiger partial charge on any atom is -0.324 e. The predicted octanol–water partition coefficient (Wildman–Crippen LogP) is 4.41. The van der Waals surface area contributed by atoms with Crippen LogP contribution in [0.15, 0.2) is 30.3 Å². The molecule has 178 valence electrons. The quantitative estimate of drug-likeness (QED) is 0.626. The Labute approximate surface area is 191 Å². The zero-order valence-corrected chi connectivity index (χ0v) is 18.9. The van der Waals surface area contributed by atoms with Crippen molar-refractivity contribution in [3.63, 3.8) is 0 Å². The van der Waals surface area contributed by atoms with Crippen LogP contribution in [0.5, 0.6) is 0 Å². The first-order valence-electron chi connectivity index (χ1n) is 11.2. The van der Waals surface area contributed by atoms with Gasteiger partial charge in [0.15, 0.2) is 17.5 Å². The molecular formula is C24H29F3N4O2. The summed E-state index contributed by atoms with van der Waals surface area (Å²) in [6.07, 6.45) is 2.25. The standard InChI is InChI=1S/C24H29F3N4O2/c1-3-16-7-5-8-17(4-2)23(16)29-20(32)15-30-11-6-12-31(14-13-30)24(33)28-19-10-9-18(25)21(26)22(19)27/h5,7-10H,3-4,6,11-15H2,1-2H3,(H,28,33)(H,29,32). The molecule has 1 aliphatic rings. The number of aryl methyl sites for hydroxylation is 2. The second-order valence-corrected chi connectivity index (χ2v) is 7.98. The van der Waals surface area contributed by atoms with Crippen LogP contribution in [0.25, 0.3) is 0 Å². The number of nitrogens with one attached hydrogen (secondary N) is 2. The molecule has 0 bridgehead atoms. The first-order chi connectivity index (χ1) is 15.8. The van der Waals surface area contributed by atoms with Crippen molar-refractivity contribution in [3.8, 4) is 0 Å². The molecule has 0 aromatic heterocycles. The van der Waals surface area contributed by atoms with Crippen LogP contribution in [0.3, 0.4) is 0 Å². The van der Waals surface area contributed by atoms with Crippen molar-refractivity contribution in [2.75, 3.05) is 43.4 Å². The van der Waals surface area contributed by atoms with Gasteiger partial charge in [-0.05, 0) is 42.5 Å². The largest absolute Gasteiger partial charge is 0.324 e. The summed E-state index contributed by atoms with van der Waals surface area (Å²) in [5.41, 5.74) is 2.63. The van der Waals surface area contributed by atoms with Gasteiger partial charge < -0.3 is 15.5 Å². The van der Waals surface area contributed by atoms with Crippen LogP contribution in [0.1, 0.15) is 31.4 Å². The lowest BCUT2D eigenvalue weighted by atomic mass is 10.0. The van der Waals surface area contributed by atoms with Crippen molar-refractivity contribution in [2.45, 2.75) is 33.1 Å². The van der Waals surface area contributed by atoms with Crippen LogP contribution in [-0.4, -0.2) is 54.5 Å². The van der Waals surface area contributed by atoms with E-state index >= 15 is 0 Å². The second-order valence-electron chi connectivity index (χ2n) is 7.98. The first-order valence-corrected chi connectivity index (χ1v) is 11.2. The number of para-hydroxylation sites is 1. The molecule has 1 fully saturated rings. The van der Waals surface area contributed by atoms with Crippen LogP contribution < -0.4 is 10.6 Å². The van der Waals surface area contributed by atoms with Crippen LogP contribution in [0, 0.1) is 17.5 Å². The number of anilines is 2. The summed E-state index contributed by atoms with van der Waals surface area (Å²) < 4.78 is 40.4. The molecule has 0 saturated carbocycles. The molecule has 0 aliphatic carbocycles. The average molecular weight is 463 g/mol. The number of halogens is 3. The van der Waals surface area contributed by atoms with Gasteiger partial charge in [-0.25, -0.2) is 18.0 Å². The number of urea groups is 1. The number of hydrogen-bond donors (Lipinski definition) is 2. The minimum atomic E-state index is -1.63. The van der Waals surface area contributed by atoms with E-state index in [0.29, 0.717) is 32.6 Å². The molecule has 6 nitrogen and oxygen atoms in total. The van der Waals surface area contributed by atoms with Crippen LogP contribution in [0.4, 0.5) is 29.3 Å². The second kappa shape index (κ2) is 11.2. The highest BCUT2D eigenvalue weighted by Crippen LogP contribution is 2.23. The van der Waals surface area contributed by atoms with Crippen LogP contribution >= 0.6 is 0 Å². The molecule has 1 heterocycles. The first kappa shape index (κ1) is 24.6. The number of benzene rings is 2. The molecule has 33 heavy (non-hydrogen) atoms. The monoisotopic (exact) mass is 462 g/mol. The van der Waals surface area contributed by atoms with E-state index < -0.39 is 29.2 Å². The summed E-state index contributed by atoms with van der Waals surface area (Å²) in [4.78, 5) is 28.7. The van der Waals surface area contributed by atoms with Gasteiger partial charge in [-0.3, -0.25) is 9.69 Å². The van der Waals surface area contributed by atoms with E-state index in [1.165, 1.54) is 4.90 Å². The van der Waals surface area contributed by atoms with Crippen LogP contribution in [0.2, 0.25) is 0 Å². The Morgan fingerprint density at radius 2 is 1.58 bits per heavy atom. The summed E-state index contributed by atoms with van der Waals surface area (Å²) in [6.45, 7) is 6.07. The Balaban J connectivity index is 1.57. The van der Waals surface area contributed by atoms with Gasteiger partial charge in [0.25, 0.3) is 0 Å². The normalized spacial score (nSPS) is 14.6. The molecular weight excluding hydrogens is 433 g/mol. The third-order valence-electron chi connectivity index (χ3n) is 5.78. The Kier molecular flexibility index (Phi) is 8.32. The Bertz CT molecular complexity index is 993. The third-order valence-corrected chi connectivity index (χ3v) is 5.78. The van der Waals surface area contributed by atoms with Gasteiger partial charge in [-0.2, -0.15) is 0 Å². The number of hydrogen-bond acceptors (Lipinski definition) is 3. The van der Waals surface area contributed by atoms with E-state index in [4.69, 9.17) is 0 Å². The molecule has 2 aromatic rings. The van der Waals surface area contributed by atoms with Crippen molar-refractivity contribution in [3.05, 3.63) is 58.9 Å². The molecule has 0 unspecified atom stereocenters. The maximum absolute atomic E-state index is 13.9. The Morgan fingerprint density at radius 3 is 2.24 bits per heavy atom. The highest BCUT2D eigenvalue weighted by Gasteiger charge is 2.23. The Morgan fingerprint density at radius 1 is 0.879 bits per heavy atom. The number of amides is 3. The number of carbonyl (C=O) groups excluding carboxylic acids is 2. The highest BCUT2D eigenvalue weighted by molar-refractivity contribution is 5.94. The van der Waals surface area contributed by atoms with Crippen molar-refractivity contribution >= 4 is 23.3 Å². The van der Waals surface area contributed by atoms with E-state index in [0.717, 1.165) is 41.8 Å². The van der Waals surface area contributed by atoms with Crippen LogP contribution in [-0.2, 0) is 17.6 Å². The van der Waals surface area contributed by atoms with Gasteiger partial charge in [-0.15, -0.1) is 0 Å². The fourth-order valence-electron chi connectivity index (χ4n) is 3.93. The van der Waals surface area contributed by atoms with Crippen molar-refractivity contribution in [1.82, 2.24) is 9.80 Å². The van der Waals surface area contributed by atoms with Gasteiger partial charge in [0.1, 0.15) is 0 Å².